The number of anilines is 1. The second-order valence-electron chi connectivity index (χ2n) is 6.42. The first-order valence-corrected chi connectivity index (χ1v) is 8.28. The molecule has 144 valence electrons. The van der Waals surface area contributed by atoms with Crippen LogP contribution in [-0.4, -0.2) is 36.2 Å². The molecule has 2 N–H and O–H groups in total. The molecule has 7 nitrogen and oxygen atoms in total. The summed E-state index contributed by atoms with van der Waals surface area (Å²) in [5.74, 6) is -1.83. The van der Waals surface area contributed by atoms with E-state index in [0.717, 1.165) is 12.1 Å². The van der Waals surface area contributed by atoms with E-state index < -0.39 is 35.5 Å². The summed E-state index contributed by atoms with van der Waals surface area (Å²) in [6.45, 7) is 6.54. The van der Waals surface area contributed by atoms with Crippen LogP contribution in [0.15, 0.2) is 18.2 Å². The van der Waals surface area contributed by atoms with E-state index >= 15 is 0 Å². The molecule has 0 saturated carbocycles. The monoisotopic (exact) mass is 388 g/mol. The highest BCUT2D eigenvalue weighted by Crippen LogP contribution is 2.22. The number of hydrogen-bond donors (Lipinski definition) is 2. The van der Waals surface area contributed by atoms with E-state index in [2.05, 4.69) is 10.6 Å². The topological polar surface area (TPSA) is 93.7 Å². The van der Waals surface area contributed by atoms with Crippen LogP contribution in [0.3, 0.4) is 0 Å². The largest absolute Gasteiger partial charge is 0.452 e. The summed E-state index contributed by atoms with van der Waals surface area (Å²) in [6.07, 6.45) is -1.87. The summed E-state index contributed by atoms with van der Waals surface area (Å²) in [7, 11) is 0. The molecule has 0 radical (unpaired) electrons. The van der Waals surface area contributed by atoms with Gasteiger partial charge in [0.05, 0.1) is 17.1 Å². The molecule has 0 unspecified atom stereocenters. The second kappa shape index (κ2) is 9.38. The first kappa shape index (κ1) is 21.7. The lowest BCUT2D eigenvalue weighted by Gasteiger charge is -2.19. The molecule has 9 heteroatoms. The number of halogens is 2. The van der Waals surface area contributed by atoms with Gasteiger partial charge in [-0.1, -0.05) is 11.6 Å². The number of nitrogens with one attached hydrogen (secondary N) is 2. The Hall–Kier alpha value is -2.35. The highest BCUT2D eigenvalue weighted by molar-refractivity contribution is 6.33. The number of esters is 1. The van der Waals surface area contributed by atoms with Crippen molar-refractivity contribution < 1.29 is 28.2 Å². The second-order valence-corrected chi connectivity index (χ2v) is 6.83. The summed E-state index contributed by atoms with van der Waals surface area (Å²) in [5, 5.41) is 4.87. The first-order chi connectivity index (χ1) is 12.0. The average Bonchev–Trinajstić information content (AvgIpc) is 2.48. The third-order valence-corrected chi connectivity index (χ3v) is 3.18. The van der Waals surface area contributed by atoms with E-state index in [4.69, 9.17) is 21.1 Å². The van der Waals surface area contributed by atoms with Gasteiger partial charge in [-0.2, -0.15) is 0 Å². The lowest BCUT2D eigenvalue weighted by molar-refractivity contribution is -0.153. The van der Waals surface area contributed by atoms with Gasteiger partial charge < -0.3 is 20.1 Å². The van der Waals surface area contributed by atoms with Gasteiger partial charge in [-0.3, -0.25) is 9.59 Å². The summed E-state index contributed by atoms with van der Waals surface area (Å²) in [4.78, 5) is 35.2. The zero-order valence-corrected chi connectivity index (χ0v) is 15.8. The van der Waals surface area contributed by atoms with Gasteiger partial charge in [0.25, 0.3) is 5.91 Å². The quantitative estimate of drug-likeness (QED) is 0.729. The Bertz CT molecular complexity index is 676. The molecule has 0 spiro atoms. The van der Waals surface area contributed by atoms with Crippen molar-refractivity contribution in [1.82, 2.24) is 5.32 Å². The summed E-state index contributed by atoms with van der Waals surface area (Å²) < 4.78 is 23.0. The smallest absolute Gasteiger partial charge is 0.407 e. The number of amides is 2. The normalized spacial score (nSPS) is 12.1. The fraction of sp³-hybridized carbons (Fsp3) is 0.471. The van der Waals surface area contributed by atoms with E-state index in [9.17, 15) is 18.8 Å². The first-order valence-electron chi connectivity index (χ1n) is 7.90. The number of carbonyl (C=O) groups excluding carboxylic acids is 3. The predicted octanol–water partition coefficient (Wildman–Crippen LogP) is 3.26. The van der Waals surface area contributed by atoms with Crippen LogP contribution in [0.25, 0.3) is 0 Å². The molecular weight excluding hydrogens is 367 g/mol. The summed E-state index contributed by atoms with van der Waals surface area (Å²) >= 11 is 5.81. The van der Waals surface area contributed by atoms with Crippen molar-refractivity contribution >= 4 is 35.3 Å². The molecule has 1 aromatic carbocycles. The Morgan fingerprint density at radius 3 is 2.50 bits per heavy atom. The molecule has 0 saturated heterocycles. The number of rotatable bonds is 6. The Morgan fingerprint density at radius 1 is 1.27 bits per heavy atom. The van der Waals surface area contributed by atoms with Gasteiger partial charge in [-0.15, -0.1) is 0 Å². The van der Waals surface area contributed by atoms with Crippen LogP contribution in [0.1, 0.15) is 34.1 Å². The fourth-order valence-electron chi connectivity index (χ4n) is 1.72. The van der Waals surface area contributed by atoms with Crippen LogP contribution < -0.4 is 10.6 Å². The molecule has 1 aromatic rings. The van der Waals surface area contributed by atoms with Gasteiger partial charge in [0.15, 0.2) is 6.10 Å². The maximum absolute atomic E-state index is 13.0. The van der Waals surface area contributed by atoms with Crippen LogP contribution >= 0.6 is 11.6 Å². The van der Waals surface area contributed by atoms with E-state index in [1.807, 2.05) is 0 Å². The molecule has 0 heterocycles. The zero-order valence-electron chi connectivity index (χ0n) is 15.0. The number of benzene rings is 1. The van der Waals surface area contributed by atoms with Gasteiger partial charge >= 0.3 is 12.1 Å². The van der Waals surface area contributed by atoms with Crippen LogP contribution in [0.4, 0.5) is 14.9 Å². The zero-order chi connectivity index (χ0) is 19.9. The van der Waals surface area contributed by atoms with Crippen molar-refractivity contribution in [3.8, 4) is 0 Å². The van der Waals surface area contributed by atoms with Crippen LogP contribution in [0.5, 0.6) is 0 Å². The fourth-order valence-corrected chi connectivity index (χ4v) is 1.93. The third-order valence-electron chi connectivity index (χ3n) is 2.86. The molecule has 2 amide bonds. The van der Waals surface area contributed by atoms with E-state index in [1.54, 1.807) is 20.8 Å². The standard InChI is InChI=1S/C17H22ClFN2O5/c1-10(15(23)21-13-6-5-11(19)9-12(13)18)25-14(22)7-8-20-16(24)26-17(2,3)4/h5-6,9-10H,7-8H2,1-4H3,(H,20,24)(H,21,23)/t10-/m0/s1. The van der Waals surface area contributed by atoms with Crippen LogP contribution in [0, 0.1) is 5.82 Å². The number of ether oxygens (including phenoxy) is 2. The molecule has 26 heavy (non-hydrogen) atoms. The Balaban J connectivity index is 2.39. The minimum Gasteiger partial charge on any atom is -0.452 e. The van der Waals surface area contributed by atoms with Crippen molar-refractivity contribution in [2.45, 2.75) is 45.8 Å². The molecule has 0 aliphatic rings. The van der Waals surface area contributed by atoms with E-state index in [0.29, 0.717) is 0 Å². The maximum Gasteiger partial charge on any atom is 0.407 e. The number of hydrogen-bond acceptors (Lipinski definition) is 5. The highest BCUT2D eigenvalue weighted by atomic mass is 35.5. The van der Waals surface area contributed by atoms with Gasteiger partial charge in [0.2, 0.25) is 0 Å². The maximum atomic E-state index is 13.0. The molecule has 0 aromatic heterocycles. The van der Waals surface area contributed by atoms with Crippen molar-refractivity contribution in [1.29, 1.82) is 0 Å². The molecular formula is C17H22ClFN2O5. The SMILES string of the molecule is C[C@H](OC(=O)CCNC(=O)OC(C)(C)C)C(=O)Nc1ccc(F)cc1Cl. The van der Waals surface area contributed by atoms with Gasteiger partial charge in [0.1, 0.15) is 11.4 Å². The van der Waals surface area contributed by atoms with Crippen molar-refractivity contribution in [3.63, 3.8) is 0 Å². The van der Waals surface area contributed by atoms with Crippen molar-refractivity contribution in [2.75, 3.05) is 11.9 Å². The Kier molecular flexibility index (Phi) is 7.82. The lowest BCUT2D eigenvalue weighted by Crippen LogP contribution is -2.35. The van der Waals surface area contributed by atoms with Gasteiger partial charge in [-0.25, -0.2) is 9.18 Å². The lowest BCUT2D eigenvalue weighted by atomic mass is 10.2. The van der Waals surface area contributed by atoms with Gasteiger partial charge in [0, 0.05) is 6.54 Å². The van der Waals surface area contributed by atoms with Gasteiger partial charge in [-0.05, 0) is 45.9 Å². The number of carbonyl (C=O) groups is 3. The summed E-state index contributed by atoms with van der Waals surface area (Å²) in [5.41, 5.74) is -0.439. The third kappa shape index (κ3) is 8.15. The van der Waals surface area contributed by atoms with E-state index in [-0.39, 0.29) is 23.7 Å². The minimum absolute atomic E-state index is 0.00583. The van der Waals surface area contributed by atoms with E-state index in [1.165, 1.54) is 13.0 Å². The average molecular weight is 389 g/mol. The van der Waals surface area contributed by atoms with Crippen molar-refractivity contribution in [2.24, 2.45) is 0 Å². The molecule has 0 aliphatic carbocycles. The van der Waals surface area contributed by atoms with Crippen LogP contribution in [-0.2, 0) is 19.1 Å². The molecule has 1 atom stereocenters. The minimum atomic E-state index is -1.09. The molecule has 0 aliphatic heterocycles. The predicted molar refractivity (Wildman–Crippen MR) is 94.4 cm³/mol. The Labute approximate surface area is 156 Å². The highest BCUT2D eigenvalue weighted by Gasteiger charge is 2.20. The summed E-state index contributed by atoms with van der Waals surface area (Å²) in [6, 6.07) is 3.49. The number of alkyl carbamates (subject to hydrolysis) is 1. The molecule has 0 bridgehead atoms. The van der Waals surface area contributed by atoms with Crippen molar-refractivity contribution in [3.05, 3.63) is 29.0 Å². The Morgan fingerprint density at radius 2 is 1.92 bits per heavy atom. The molecule has 0 fully saturated rings. The molecule has 1 rings (SSSR count). The van der Waals surface area contributed by atoms with Crippen LogP contribution in [0.2, 0.25) is 5.02 Å².